The van der Waals surface area contributed by atoms with Crippen LogP contribution < -0.4 is 10.6 Å². The molecule has 0 heterocycles. The maximum Gasteiger partial charge on any atom is 0.0515 e. The minimum Gasteiger partial charge on any atom is -0.321 e. The van der Waals surface area contributed by atoms with Gasteiger partial charge in [-0.25, -0.2) is 0 Å². The van der Waals surface area contributed by atoms with E-state index in [9.17, 15) is 0 Å². The Labute approximate surface area is 201 Å². The summed E-state index contributed by atoms with van der Waals surface area (Å²) in [5, 5.41) is 0. The van der Waals surface area contributed by atoms with Gasteiger partial charge < -0.3 is 10.6 Å². The first kappa shape index (κ1) is 25.1. The minimum absolute atomic E-state index is 0.108. The average molecular weight is 443 g/mol. The molecule has 0 saturated heterocycles. The number of nitrogens with zero attached hydrogens (tertiary/aromatic N) is 1. The van der Waals surface area contributed by atoms with Gasteiger partial charge in [0.1, 0.15) is 0 Å². The molecule has 2 nitrogen and oxygen atoms in total. The predicted octanol–water partition coefficient (Wildman–Crippen LogP) is 8.99. The average Bonchev–Trinajstić information content (AvgIpc) is 2.85. The van der Waals surface area contributed by atoms with Crippen LogP contribution in [0.3, 0.4) is 0 Å². The number of para-hydroxylation sites is 2. The Morgan fingerprint density at radius 3 is 1.76 bits per heavy atom. The number of anilines is 3. The summed E-state index contributed by atoms with van der Waals surface area (Å²) in [6.45, 7) is 11.4. The van der Waals surface area contributed by atoms with Crippen molar-refractivity contribution in [3.63, 3.8) is 0 Å². The van der Waals surface area contributed by atoms with E-state index >= 15 is 0 Å². The normalized spacial score (nSPS) is 12.1. The highest BCUT2D eigenvalue weighted by Gasteiger charge is 2.31. The number of hydrogen-bond donors (Lipinski definition) is 1. The topological polar surface area (TPSA) is 29.3 Å². The van der Waals surface area contributed by atoms with E-state index in [1.165, 1.54) is 42.5 Å². The van der Waals surface area contributed by atoms with Crippen LogP contribution in [-0.4, -0.2) is 0 Å². The molecule has 3 aromatic carbocycles. The van der Waals surface area contributed by atoms with Gasteiger partial charge in [0.25, 0.3) is 0 Å². The van der Waals surface area contributed by atoms with E-state index in [0.29, 0.717) is 0 Å². The van der Waals surface area contributed by atoms with E-state index in [-0.39, 0.29) is 11.0 Å². The van der Waals surface area contributed by atoms with Crippen molar-refractivity contribution in [1.82, 2.24) is 0 Å². The van der Waals surface area contributed by atoms with Crippen LogP contribution >= 0.6 is 0 Å². The van der Waals surface area contributed by atoms with Gasteiger partial charge in [-0.3, -0.25) is 0 Å². The van der Waals surface area contributed by atoms with Crippen molar-refractivity contribution in [3.05, 3.63) is 90.0 Å². The van der Waals surface area contributed by atoms with Crippen molar-refractivity contribution < 1.29 is 0 Å². The second-order valence-corrected chi connectivity index (χ2v) is 9.94. The molecule has 2 N–H and O–H groups in total. The Kier molecular flexibility index (Phi) is 8.37. The van der Waals surface area contributed by atoms with Crippen molar-refractivity contribution in [2.24, 2.45) is 5.73 Å². The van der Waals surface area contributed by atoms with E-state index in [1.807, 2.05) is 0 Å². The van der Waals surface area contributed by atoms with Crippen molar-refractivity contribution in [2.75, 3.05) is 4.90 Å². The van der Waals surface area contributed by atoms with Crippen molar-refractivity contribution >= 4 is 17.1 Å². The minimum atomic E-state index is -0.373. The molecule has 0 spiro atoms. The molecule has 33 heavy (non-hydrogen) atoms. The summed E-state index contributed by atoms with van der Waals surface area (Å²) in [4.78, 5) is 2.38. The molecule has 0 fully saturated rings. The fourth-order valence-corrected chi connectivity index (χ4v) is 4.73. The molecule has 3 aromatic rings. The standard InChI is InChI=1S/C31H42N2/c1-6-9-16-23-30(4,5)25-21-22-28(31(32,7-2)8-3)29(24-25)33(26-17-12-10-13-18-26)27-19-14-11-15-20-27/h10-15,17-22,24H,6-9,16,23,32H2,1-5H3. The molecular formula is C31H42N2. The van der Waals surface area contributed by atoms with Crippen LogP contribution in [0.5, 0.6) is 0 Å². The summed E-state index contributed by atoms with van der Waals surface area (Å²) >= 11 is 0. The molecule has 176 valence electrons. The van der Waals surface area contributed by atoms with Crippen LogP contribution in [0.2, 0.25) is 0 Å². The maximum atomic E-state index is 7.04. The zero-order valence-electron chi connectivity index (χ0n) is 21.3. The number of benzene rings is 3. The highest BCUT2D eigenvalue weighted by molar-refractivity contribution is 5.79. The fourth-order valence-electron chi connectivity index (χ4n) is 4.73. The van der Waals surface area contributed by atoms with Crippen LogP contribution in [-0.2, 0) is 11.0 Å². The molecule has 0 atom stereocenters. The van der Waals surface area contributed by atoms with Crippen LogP contribution in [0, 0.1) is 0 Å². The van der Waals surface area contributed by atoms with E-state index in [1.54, 1.807) is 0 Å². The van der Waals surface area contributed by atoms with E-state index in [4.69, 9.17) is 5.73 Å². The molecule has 2 heteroatoms. The molecule has 0 aliphatic rings. The monoisotopic (exact) mass is 442 g/mol. The third-order valence-corrected chi connectivity index (χ3v) is 7.25. The first-order chi connectivity index (χ1) is 15.9. The molecule has 0 amide bonds. The molecule has 3 rings (SSSR count). The summed E-state index contributed by atoms with van der Waals surface area (Å²) in [6, 6.07) is 28.4. The Balaban J connectivity index is 2.24. The Morgan fingerprint density at radius 1 is 0.727 bits per heavy atom. The maximum absolute atomic E-state index is 7.04. The highest BCUT2D eigenvalue weighted by Crippen LogP contribution is 2.44. The van der Waals surface area contributed by atoms with Crippen molar-refractivity contribution in [1.29, 1.82) is 0 Å². The lowest BCUT2D eigenvalue weighted by Crippen LogP contribution is -2.36. The Bertz CT molecular complexity index is 948. The molecular weight excluding hydrogens is 400 g/mol. The molecule has 0 bridgehead atoms. The second-order valence-electron chi connectivity index (χ2n) is 9.94. The van der Waals surface area contributed by atoms with Crippen LogP contribution in [0.1, 0.15) is 84.3 Å². The van der Waals surface area contributed by atoms with Gasteiger partial charge >= 0.3 is 0 Å². The highest BCUT2D eigenvalue weighted by atomic mass is 15.1. The third-order valence-electron chi connectivity index (χ3n) is 7.25. The lowest BCUT2D eigenvalue weighted by Gasteiger charge is -2.36. The lowest BCUT2D eigenvalue weighted by molar-refractivity contribution is 0.412. The van der Waals surface area contributed by atoms with Gasteiger partial charge in [0.2, 0.25) is 0 Å². The predicted molar refractivity (Wildman–Crippen MR) is 145 cm³/mol. The molecule has 0 saturated carbocycles. The van der Waals surface area contributed by atoms with Gasteiger partial charge in [0.15, 0.2) is 0 Å². The van der Waals surface area contributed by atoms with Gasteiger partial charge in [0.05, 0.1) is 5.69 Å². The summed E-state index contributed by atoms with van der Waals surface area (Å²) in [6.07, 6.45) is 6.77. The number of unbranched alkanes of at least 4 members (excludes halogenated alkanes) is 2. The first-order valence-electron chi connectivity index (χ1n) is 12.7. The van der Waals surface area contributed by atoms with Gasteiger partial charge in [-0.05, 0) is 66.1 Å². The van der Waals surface area contributed by atoms with E-state index in [0.717, 1.165) is 24.2 Å². The molecule has 0 aliphatic carbocycles. The van der Waals surface area contributed by atoms with E-state index < -0.39 is 0 Å². The largest absolute Gasteiger partial charge is 0.321 e. The summed E-state index contributed by atoms with van der Waals surface area (Å²) in [7, 11) is 0. The quantitative estimate of drug-likeness (QED) is 0.300. The SMILES string of the molecule is CCCCCC(C)(C)c1ccc(C(N)(CC)CC)c(N(c2ccccc2)c2ccccc2)c1. The zero-order chi connectivity index (χ0) is 23.9. The van der Waals surface area contributed by atoms with Crippen LogP contribution in [0.4, 0.5) is 17.1 Å². The molecule has 0 radical (unpaired) electrons. The number of rotatable bonds is 11. The smallest absolute Gasteiger partial charge is 0.0515 e. The molecule has 0 aliphatic heterocycles. The van der Waals surface area contributed by atoms with Gasteiger partial charge in [-0.1, -0.05) is 102 Å². The fraction of sp³-hybridized carbons (Fsp3) is 0.419. The molecule has 0 unspecified atom stereocenters. The second kappa shape index (κ2) is 11.0. The van der Waals surface area contributed by atoms with E-state index in [2.05, 4.69) is 118 Å². The summed E-state index contributed by atoms with van der Waals surface area (Å²) < 4.78 is 0. The van der Waals surface area contributed by atoms with Gasteiger partial charge in [-0.15, -0.1) is 0 Å². The Hall–Kier alpha value is -2.58. The number of hydrogen-bond acceptors (Lipinski definition) is 2. The number of nitrogens with two attached hydrogens (primary N) is 1. The van der Waals surface area contributed by atoms with Crippen LogP contribution in [0.15, 0.2) is 78.9 Å². The third kappa shape index (κ3) is 5.68. The zero-order valence-corrected chi connectivity index (χ0v) is 21.3. The van der Waals surface area contributed by atoms with Gasteiger partial charge in [-0.2, -0.15) is 0 Å². The Morgan fingerprint density at radius 2 is 1.27 bits per heavy atom. The summed E-state index contributed by atoms with van der Waals surface area (Å²) in [5.74, 6) is 0. The van der Waals surface area contributed by atoms with Crippen LogP contribution in [0.25, 0.3) is 0 Å². The summed E-state index contributed by atoms with van der Waals surface area (Å²) in [5.41, 5.74) is 12.9. The lowest BCUT2D eigenvalue weighted by atomic mass is 9.77. The van der Waals surface area contributed by atoms with Crippen molar-refractivity contribution in [3.8, 4) is 0 Å². The first-order valence-corrected chi connectivity index (χ1v) is 12.7. The van der Waals surface area contributed by atoms with Crippen molar-refractivity contribution in [2.45, 2.75) is 84.1 Å². The molecule has 0 aromatic heterocycles. The van der Waals surface area contributed by atoms with Gasteiger partial charge in [0, 0.05) is 16.9 Å².